The number of likely N-dealkylation sites (N-methyl/N-ethyl adjacent to an activating group) is 1. The topological polar surface area (TPSA) is 75.7 Å². The van der Waals surface area contributed by atoms with Gasteiger partial charge in [0, 0.05) is 32.6 Å². The van der Waals surface area contributed by atoms with Gasteiger partial charge in [-0.25, -0.2) is 4.79 Å². The number of carbonyl (C=O) groups excluding carboxylic acids is 3. The third kappa shape index (κ3) is 3.69. The molecule has 6 heteroatoms. The van der Waals surface area contributed by atoms with Crippen LogP contribution in [0.5, 0.6) is 0 Å². The Kier molecular flexibility index (Phi) is 4.99. The first-order valence-electron chi connectivity index (χ1n) is 8.72. The first-order chi connectivity index (χ1) is 12.8. The second-order valence-corrected chi connectivity index (χ2v) is 6.89. The number of hydrogen-bond acceptors (Lipinski definition) is 4. The number of benzene rings is 2. The molecule has 0 bridgehead atoms. The quantitative estimate of drug-likeness (QED) is 0.842. The van der Waals surface area contributed by atoms with Gasteiger partial charge in [-0.3, -0.25) is 9.59 Å². The molecule has 0 saturated carbocycles. The summed E-state index contributed by atoms with van der Waals surface area (Å²) in [6, 6.07) is 14.2. The second kappa shape index (κ2) is 7.23. The van der Waals surface area contributed by atoms with Crippen LogP contribution in [-0.4, -0.2) is 42.4 Å². The molecular weight excluding hydrogens is 344 g/mol. The predicted octanol–water partition coefficient (Wildman–Crippen LogP) is 2.18. The lowest BCUT2D eigenvalue weighted by molar-refractivity contribution is -0.150. The van der Waals surface area contributed by atoms with Gasteiger partial charge < -0.3 is 15.0 Å². The van der Waals surface area contributed by atoms with Gasteiger partial charge in [0.1, 0.15) is 0 Å². The van der Waals surface area contributed by atoms with Gasteiger partial charge in [-0.05, 0) is 36.2 Å². The van der Waals surface area contributed by atoms with Crippen LogP contribution < -0.4 is 5.32 Å². The maximum absolute atomic E-state index is 13.0. The fourth-order valence-electron chi connectivity index (χ4n) is 3.31. The minimum atomic E-state index is -1.23. The first-order valence-corrected chi connectivity index (χ1v) is 8.72. The van der Waals surface area contributed by atoms with Crippen LogP contribution in [0.4, 0.5) is 0 Å². The number of fused-ring (bicyclic) bond motifs is 1. The molecule has 1 heterocycles. The van der Waals surface area contributed by atoms with Gasteiger partial charge in [0.25, 0.3) is 11.8 Å². The van der Waals surface area contributed by atoms with E-state index in [0.29, 0.717) is 24.1 Å². The van der Waals surface area contributed by atoms with E-state index in [2.05, 4.69) is 5.32 Å². The third-order valence-electron chi connectivity index (χ3n) is 4.75. The minimum Gasteiger partial charge on any atom is -0.445 e. The Hall–Kier alpha value is -3.15. The molecule has 0 radical (unpaired) electrons. The van der Waals surface area contributed by atoms with E-state index < -0.39 is 11.6 Å². The number of ether oxygens (including phenoxy) is 1. The van der Waals surface area contributed by atoms with Crippen molar-refractivity contribution in [3.8, 4) is 0 Å². The predicted molar refractivity (Wildman–Crippen MR) is 100 cm³/mol. The van der Waals surface area contributed by atoms with Crippen molar-refractivity contribution in [3.63, 3.8) is 0 Å². The highest BCUT2D eigenvalue weighted by Crippen LogP contribution is 2.29. The van der Waals surface area contributed by atoms with Crippen LogP contribution in [0.25, 0.3) is 0 Å². The van der Waals surface area contributed by atoms with Crippen molar-refractivity contribution in [2.45, 2.75) is 25.5 Å². The third-order valence-corrected chi connectivity index (χ3v) is 4.75. The smallest absolute Gasteiger partial charge is 0.339 e. The Balaban J connectivity index is 1.73. The largest absolute Gasteiger partial charge is 0.445 e. The van der Waals surface area contributed by atoms with Crippen LogP contribution in [0.1, 0.15) is 38.8 Å². The van der Waals surface area contributed by atoms with Crippen LogP contribution in [0.2, 0.25) is 0 Å². The zero-order chi connectivity index (χ0) is 19.6. The average Bonchev–Trinajstić information content (AvgIpc) is 2.67. The highest BCUT2D eigenvalue weighted by molar-refractivity contribution is 5.97. The van der Waals surface area contributed by atoms with E-state index in [-0.39, 0.29) is 11.8 Å². The Labute approximate surface area is 158 Å². The summed E-state index contributed by atoms with van der Waals surface area (Å²) in [5.41, 5.74) is 1.52. The van der Waals surface area contributed by atoms with E-state index in [9.17, 15) is 14.4 Å². The van der Waals surface area contributed by atoms with E-state index in [1.54, 1.807) is 57.4 Å². The van der Waals surface area contributed by atoms with Gasteiger partial charge in [0.05, 0.1) is 5.56 Å². The molecule has 27 heavy (non-hydrogen) atoms. The summed E-state index contributed by atoms with van der Waals surface area (Å²) >= 11 is 0. The number of cyclic esters (lactones) is 1. The number of esters is 1. The summed E-state index contributed by atoms with van der Waals surface area (Å²) in [4.78, 5) is 38.4. The molecule has 0 aromatic heterocycles. The molecule has 1 aliphatic heterocycles. The van der Waals surface area contributed by atoms with Gasteiger partial charge in [-0.1, -0.05) is 30.3 Å². The summed E-state index contributed by atoms with van der Waals surface area (Å²) in [5.74, 6) is -0.900. The van der Waals surface area contributed by atoms with Gasteiger partial charge in [-0.2, -0.15) is 0 Å². The molecule has 1 atom stereocenters. The number of carbonyl (C=O) groups is 3. The van der Waals surface area contributed by atoms with Gasteiger partial charge in [0.15, 0.2) is 5.60 Å². The summed E-state index contributed by atoms with van der Waals surface area (Å²) in [7, 11) is 3.25. The lowest BCUT2D eigenvalue weighted by atomic mass is 9.89. The summed E-state index contributed by atoms with van der Waals surface area (Å²) < 4.78 is 5.50. The highest BCUT2D eigenvalue weighted by Gasteiger charge is 2.44. The summed E-state index contributed by atoms with van der Waals surface area (Å²) in [6.45, 7) is 2.00. The van der Waals surface area contributed by atoms with E-state index in [1.807, 2.05) is 12.1 Å². The van der Waals surface area contributed by atoms with Crippen molar-refractivity contribution in [1.82, 2.24) is 10.2 Å². The van der Waals surface area contributed by atoms with E-state index >= 15 is 0 Å². The SMILES string of the molecule is CNC(=O)c1ccc(CN(C)C(=O)C2(C)Cc3ccccc3C(=O)O2)cc1. The Morgan fingerprint density at radius 2 is 1.81 bits per heavy atom. The van der Waals surface area contributed by atoms with Crippen molar-refractivity contribution >= 4 is 17.8 Å². The fourth-order valence-corrected chi connectivity index (χ4v) is 3.31. The molecular formula is C21H22N2O4. The van der Waals surface area contributed by atoms with E-state index in [4.69, 9.17) is 4.74 Å². The van der Waals surface area contributed by atoms with Gasteiger partial charge in [-0.15, -0.1) is 0 Å². The average molecular weight is 366 g/mol. The van der Waals surface area contributed by atoms with E-state index in [1.165, 1.54) is 4.90 Å². The minimum absolute atomic E-state index is 0.161. The van der Waals surface area contributed by atoms with Crippen molar-refractivity contribution in [2.75, 3.05) is 14.1 Å². The van der Waals surface area contributed by atoms with Crippen molar-refractivity contribution in [3.05, 3.63) is 70.8 Å². The second-order valence-electron chi connectivity index (χ2n) is 6.89. The number of nitrogens with zero attached hydrogens (tertiary/aromatic N) is 1. The molecule has 1 aliphatic rings. The fraction of sp³-hybridized carbons (Fsp3) is 0.286. The monoisotopic (exact) mass is 366 g/mol. The van der Waals surface area contributed by atoms with Crippen molar-refractivity contribution < 1.29 is 19.1 Å². The molecule has 3 rings (SSSR count). The summed E-state index contributed by atoms with van der Waals surface area (Å²) in [6.07, 6.45) is 0.341. The molecule has 0 spiro atoms. The summed E-state index contributed by atoms with van der Waals surface area (Å²) in [5, 5.41) is 2.57. The van der Waals surface area contributed by atoms with Crippen LogP contribution >= 0.6 is 0 Å². The molecule has 1 N–H and O–H groups in total. The number of amides is 2. The van der Waals surface area contributed by atoms with Crippen molar-refractivity contribution in [2.24, 2.45) is 0 Å². The Morgan fingerprint density at radius 1 is 1.15 bits per heavy atom. The Morgan fingerprint density at radius 3 is 2.48 bits per heavy atom. The van der Waals surface area contributed by atoms with Crippen LogP contribution in [0.15, 0.2) is 48.5 Å². The van der Waals surface area contributed by atoms with Gasteiger partial charge in [0.2, 0.25) is 0 Å². The van der Waals surface area contributed by atoms with Crippen LogP contribution in [0, 0.1) is 0 Å². The Bertz CT molecular complexity index is 891. The standard InChI is InChI=1S/C21H22N2O4/c1-21(12-16-6-4-5-7-17(16)19(25)27-21)20(26)23(3)13-14-8-10-15(11-9-14)18(24)22-2/h4-11H,12-13H2,1-3H3,(H,22,24). The van der Waals surface area contributed by atoms with Crippen LogP contribution in [-0.2, 0) is 22.5 Å². The molecule has 1 unspecified atom stereocenters. The highest BCUT2D eigenvalue weighted by atomic mass is 16.6. The molecule has 0 saturated heterocycles. The molecule has 0 fully saturated rings. The lowest BCUT2D eigenvalue weighted by Crippen LogP contribution is -2.51. The maximum atomic E-state index is 13.0. The number of nitrogens with one attached hydrogen (secondary N) is 1. The zero-order valence-corrected chi connectivity index (χ0v) is 15.6. The molecule has 2 amide bonds. The molecule has 2 aromatic carbocycles. The van der Waals surface area contributed by atoms with Crippen molar-refractivity contribution in [1.29, 1.82) is 0 Å². The zero-order valence-electron chi connectivity index (χ0n) is 15.6. The van der Waals surface area contributed by atoms with Gasteiger partial charge >= 0.3 is 5.97 Å². The number of hydrogen-bond donors (Lipinski definition) is 1. The first kappa shape index (κ1) is 18.6. The van der Waals surface area contributed by atoms with Crippen LogP contribution in [0.3, 0.4) is 0 Å². The molecule has 0 aliphatic carbocycles. The molecule has 6 nitrogen and oxygen atoms in total. The molecule has 140 valence electrons. The van der Waals surface area contributed by atoms with E-state index in [0.717, 1.165) is 11.1 Å². The lowest BCUT2D eigenvalue weighted by Gasteiger charge is -2.36. The molecule has 2 aromatic rings. The normalized spacial score (nSPS) is 18.3. The maximum Gasteiger partial charge on any atom is 0.339 e. The number of rotatable bonds is 4.